The second kappa shape index (κ2) is 5.69. The third-order valence-electron chi connectivity index (χ3n) is 2.54. The predicted molar refractivity (Wildman–Crippen MR) is 72.3 cm³/mol. The number of pyridine rings is 1. The summed E-state index contributed by atoms with van der Waals surface area (Å²) < 4.78 is 13.3. The Balaban J connectivity index is 1.97. The number of anilines is 2. The molecule has 2 aromatic rings. The molecule has 0 bridgehead atoms. The zero-order chi connectivity index (χ0) is 13.0. The van der Waals surface area contributed by atoms with E-state index in [9.17, 15) is 4.39 Å². The second-order valence-electron chi connectivity index (χ2n) is 3.89. The Morgan fingerprint density at radius 2 is 2.22 bits per heavy atom. The molecule has 3 nitrogen and oxygen atoms in total. The first-order valence-corrected chi connectivity index (χ1v) is 5.92. The van der Waals surface area contributed by atoms with Gasteiger partial charge in [-0.15, -0.1) is 0 Å². The van der Waals surface area contributed by atoms with Crippen molar-refractivity contribution in [3.63, 3.8) is 0 Å². The lowest BCUT2D eigenvalue weighted by atomic mass is 10.2. The Morgan fingerprint density at radius 3 is 2.94 bits per heavy atom. The van der Waals surface area contributed by atoms with Gasteiger partial charge in [-0.25, -0.2) is 4.39 Å². The summed E-state index contributed by atoms with van der Waals surface area (Å²) in [5.41, 5.74) is 7.85. The molecule has 94 valence electrons. The van der Waals surface area contributed by atoms with E-state index < -0.39 is 5.82 Å². The number of nitrogens with zero attached hydrogens (tertiary/aromatic N) is 1. The number of rotatable bonds is 4. The van der Waals surface area contributed by atoms with Gasteiger partial charge in [-0.1, -0.05) is 17.7 Å². The zero-order valence-corrected chi connectivity index (χ0v) is 10.4. The van der Waals surface area contributed by atoms with Crippen LogP contribution in [0, 0.1) is 5.82 Å². The topological polar surface area (TPSA) is 50.9 Å². The number of nitrogen functional groups attached to an aromatic ring is 1. The number of halogens is 2. The van der Waals surface area contributed by atoms with Crippen LogP contribution < -0.4 is 11.1 Å². The van der Waals surface area contributed by atoms with E-state index in [1.165, 1.54) is 12.1 Å². The van der Waals surface area contributed by atoms with Gasteiger partial charge in [0.15, 0.2) is 0 Å². The normalized spacial score (nSPS) is 10.3. The number of nitrogens with two attached hydrogens (primary N) is 1. The third kappa shape index (κ3) is 3.11. The maximum atomic E-state index is 13.3. The van der Waals surface area contributed by atoms with Crippen LogP contribution in [-0.2, 0) is 6.42 Å². The number of hydrogen-bond acceptors (Lipinski definition) is 3. The van der Waals surface area contributed by atoms with Crippen molar-refractivity contribution < 1.29 is 4.39 Å². The van der Waals surface area contributed by atoms with Crippen molar-refractivity contribution in [1.29, 1.82) is 0 Å². The summed E-state index contributed by atoms with van der Waals surface area (Å²) in [5, 5.41) is 3.11. The van der Waals surface area contributed by atoms with Crippen LogP contribution in [-0.4, -0.2) is 11.5 Å². The van der Waals surface area contributed by atoms with Crippen LogP contribution in [0.3, 0.4) is 0 Å². The summed E-state index contributed by atoms with van der Waals surface area (Å²) >= 11 is 5.62. The molecule has 0 amide bonds. The second-order valence-corrected chi connectivity index (χ2v) is 4.30. The number of benzene rings is 1. The van der Waals surface area contributed by atoms with Crippen molar-refractivity contribution >= 4 is 23.0 Å². The van der Waals surface area contributed by atoms with E-state index in [2.05, 4.69) is 10.3 Å². The number of hydrogen-bond donors (Lipinski definition) is 2. The van der Waals surface area contributed by atoms with Gasteiger partial charge in [0.05, 0.1) is 16.4 Å². The average Bonchev–Trinajstić information content (AvgIpc) is 2.37. The van der Waals surface area contributed by atoms with Crippen LogP contribution in [0.5, 0.6) is 0 Å². The standard InChI is InChI=1S/C13H13ClFN3/c14-10-6-12(16)13(7-11(10)15)18-5-3-9-2-1-4-17-8-9/h1-2,4,6-8,18H,3,5,16H2. The van der Waals surface area contributed by atoms with Gasteiger partial charge in [-0.2, -0.15) is 0 Å². The predicted octanol–water partition coefficient (Wildman–Crippen LogP) is 3.11. The third-order valence-corrected chi connectivity index (χ3v) is 2.83. The summed E-state index contributed by atoms with van der Waals surface area (Å²) in [4.78, 5) is 4.02. The molecule has 3 N–H and O–H groups in total. The lowest BCUT2D eigenvalue weighted by Crippen LogP contribution is -2.07. The van der Waals surface area contributed by atoms with Crippen molar-refractivity contribution in [1.82, 2.24) is 4.98 Å². The van der Waals surface area contributed by atoms with E-state index in [1.807, 2.05) is 12.1 Å². The monoisotopic (exact) mass is 265 g/mol. The lowest BCUT2D eigenvalue weighted by Gasteiger charge is -2.10. The molecule has 0 spiro atoms. The van der Waals surface area contributed by atoms with E-state index in [-0.39, 0.29) is 5.02 Å². The van der Waals surface area contributed by atoms with Gasteiger partial charge in [-0.3, -0.25) is 4.98 Å². The van der Waals surface area contributed by atoms with E-state index in [4.69, 9.17) is 17.3 Å². The fourth-order valence-electron chi connectivity index (χ4n) is 1.60. The molecule has 0 unspecified atom stereocenters. The molecule has 0 radical (unpaired) electrons. The highest BCUT2D eigenvalue weighted by atomic mass is 35.5. The minimum atomic E-state index is -0.477. The highest BCUT2D eigenvalue weighted by molar-refractivity contribution is 6.31. The van der Waals surface area contributed by atoms with Crippen LogP contribution in [0.2, 0.25) is 5.02 Å². The van der Waals surface area contributed by atoms with Crippen LogP contribution in [0.1, 0.15) is 5.56 Å². The largest absolute Gasteiger partial charge is 0.397 e. The van der Waals surface area contributed by atoms with Crippen LogP contribution in [0.15, 0.2) is 36.7 Å². The Bertz CT molecular complexity index is 531. The van der Waals surface area contributed by atoms with E-state index in [1.54, 1.807) is 12.4 Å². The molecule has 0 aliphatic rings. The molecule has 0 aliphatic heterocycles. The minimum Gasteiger partial charge on any atom is -0.397 e. The van der Waals surface area contributed by atoms with Gasteiger partial charge in [0.2, 0.25) is 0 Å². The smallest absolute Gasteiger partial charge is 0.143 e. The van der Waals surface area contributed by atoms with Gasteiger partial charge < -0.3 is 11.1 Å². The lowest BCUT2D eigenvalue weighted by molar-refractivity contribution is 0.629. The molecule has 1 aromatic carbocycles. The first kappa shape index (κ1) is 12.6. The Morgan fingerprint density at radius 1 is 1.39 bits per heavy atom. The summed E-state index contributed by atoms with van der Waals surface area (Å²) in [6.07, 6.45) is 4.31. The van der Waals surface area contributed by atoms with Crippen molar-refractivity contribution in [2.45, 2.75) is 6.42 Å². The SMILES string of the molecule is Nc1cc(Cl)c(F)cc1NCCc1cccnc1. The number of aromatic nitrogens is 1. The fourth-order valence-corrected chi connectivity index (χ4v) is 1.77. The van der Waals surface area contributed by atoms with E-state index in [0.29, 0.717) is 17.9 Å². The Hall–Kier alpha value is -1.81. The highest BCUT2D eigenvalue weighted by Crippen LogP contribution is 2.25. The van der Waals surface area contributed by atoms with E-state index in [0.717, 1.165) is 12.0 Å². The fraction of sp³-hybridized carbons (Fsp3) is 0.154. The summed E-state index contributed by atoms with van der Waals surface area (Å²) in [6, 6.07) is 6.58. The highest BCUT2D eigenvalue weighted by Gasteiger charge is 2.05. The average molecular weight is 266 g/mol. The van der Waals surface area contributed by atoms with Crippen molar-refractivity contribution in [3.05, 3.63) is 53.1 Å². The van der Waals surface area contributed by atoms with Gasteiger partial charge >= 0.3 is 0 Å². The van der Waals surface area contributed by atoms with Crippen molar-refractivity contribution in [3.8, 4) is 0 Å². The molecule has 2 rings (SSSR count). The number of nitrogens with one attached hydrogen (secondary N) is 1. The molecule has 0 aliphatic carbocycles. The summed E-state index contributed by atoms with van der Waals surface area (Å²) in [6.45, 7) is 0.650. The van der Waals surface area contributed by atoms with Crippen LogP contribution in [0.4, 0.5) is 15.8 Å². The quantitative estimate of drug-likeness (QED) is 0.835. The molecule has 0 fully saturated rings. The van der Waals surface area contributed by atoms with Gasteiger partial charge in [-0.05, 0) is 24.1 Å². The Kier molecular flexibility index (Phi) is 3.99. The van der Waals surface area contributed by atoms with Crippen LogP contribution >= 0.6 is 11.6 Å². The summed E-state index contributed by atoms with van der Waals surface area (Å²) in [7, 11) is 0. The maximum absolute atomic E-state index is 13.3. The molecule has 0 saturated heterocycles. The van der Waals surface area contributed by atoms with Crippen molar-refractivity contribution in [2.75, 3.05) is 17.6 Å². The molecule has 18 heavy (non-hydrogen) atoms. The molecular weight excluding hydrogens is 253 g/mol. The molecule has 0 atom stereocenters. The molecule has 1 aromatic heterocycles. The molecule has 1 heterocycles. The first-order chi connectivity index (χ1) is 8.66. The minimum absolute atomic E-state index is 0.0327. The van der Waals surface area contributed by atoms with Crippen LogP contribution in [0.25, 0.3) is 0 Å². The van der Waals surface area contributed by atoms with Crippen molar-refractivity contribution in [2.24, 2.45) is 0 Å². The molecule has 0 saturated carbocycles. The van der Waals surface area contributed by atoms with E-state index >= 15 is 0 Å². The molecular formula is C13H13ClFN3. The van der Waals surface area contributed by atoms with Gasteiger partial charge in [0.25, 0.3) is 0 Å². The van der Waals surface area contributed by atoms with Gasteiger partial charge in [0.1, 0.15) is 5.82 Å². The maximum Gasteiger partial charge on any atom is 0.143 e. The molecule has 5 heteroatoms. The summed E-state index contributed by atoms with van der Waals surface area (Å²) in [5.74, 6) is -0.477. The van der Waals surface area contributed by atoms with Gasteiger partial charge in [0, 0.05) is 25.0 Å². The zero-order valence-electron chi connectivity index (χ0n) is 9.66. The first-order valence-electron chi connectivity index (χ1n) is 5.54. The Labute approximate surface area is 110 Å².